The summed E-state index contributed by atoms with van der Waals surface area (Å²) in [5.74, 6) is -0.528. The summed E-state index contributed by atoms with van der Waals surface area (Å²) in [6.45, 7) is 1.46. The summed E-state index contributed by atoms with van der Waals surface area (Å²) in [6.07, 6.45) is 2.59. The van der Waals surface area contributed by atoms with E-state index in [1.54, 1.807) is 31.4 Å². The number of hydrogen-bond donors (Lipinski definition) is 3. The van der Waals surface area contributed by atoms with Crippen molar-refractivity contribution in [2.45, 2.75) is 19.3 Å². The third-order valence-electron chi connectivity index (χ3n) is 4.40. The minimum absolute atomic E-state index is 0.0776. The summed E-state index contributed by atoms with van der Waals surface area (Å²) < 4.78 is 10.4. The highest BCUT2D eigenvalue weighted by Gasteiger charge is 2.07. The minimum Gasteiger partial charge on any atom is -0.484 e. The number of ether oxygens (including phenoxy) is 2. The molecule has 0 atom stereocenters. The van der Waals surface area contributed by atoms with Gasteiger partial charge in [0.15, 0.2) is 6.61 Å². The van der Waals surface area contributed by atoms with Crippen molar-refractivity contribution in [3.8, 4) is 5.75 Å². The van der Waals surface area contributed by atoms with E-state index < -0.39 is 5.91 Å². The van der Waals surface area contributed by atoms with Gasteiger partial charge in [-0.3, -0.25) is 14.4 Å². The van der Waals surface area contributed by atoms with Gasteiger partial charge in [-0.1, -0.05) is 30.3 Å². The standard InChI is InChI=1S/C24H30N4O5/c1-32-15-5-13-25-22(29)16-23(30)28-27-17-20-8-10-21(11-9-20)33-18-24(31)26-14-12-19-6-3-2-4-7-19/h2-4,6-11,17H,5,12-16,18H2,1H3,(H,25,29)(H,26,31)(H,28,30)/b27-17+. The van der Waals surface area contributed by atoms with Crippen LogP contribution in [0.1, 0.15) is 24.0 Å². The maximum absolute atomic E-state index is 11.9. The number of methoxy groups -OCH3 is 1. The monoisotopic (exact) mass is 454 g/mol. The molecule has 0 fully saturated rings. The van der Waals surface area contributed by atoms with E-state index >= 15 is 0 Å². The summed E-state index contributed by atoms with van der Waals surface area (Å²) in [6, 6.07) is 16.8. The maximum Gasteiger partial charge on any atom is 0.257 e. The van der Waals surface area contributed by atoms with Crippen LogP contribution >= 0.6 is 0 Å². The molecule has 9 heteroatoms. The molecule has 0 aliphatic rings. The number of benzene rings is 2. The normalized spacial score (nSPS) is 10.6. The second-order valence-electron chi connectivity index (χ2n) is 7.11. The summed E-state index contributed by atoms with van der Waals surface area (Å²) >= 11 is 0. The third-order valence-corrected chi connectivity index (χ3v) is 4.40. The molecule has 2 aromatic rings. The molecule has 0 saturated heterocycles. The summed E-state index contributed by atoms with van der Waals surface area (Å²) in [4.78, 5) is 35.2. The van der Waals surface area contributed by atoms with Gasteiger partial charge in [-0.2, -0.15) is 5.10 Å². The van der Waals surface area contributed by atoms with Gasteiger partial charge in [-0.25, -0.2) is 5.43 Å². The van der Waals surface area contributed by atoms with Crippen LogP contribution in [0.25, 0.3) is 0 Å². The Labute approximate surface area is 193 Å². The molecule has 0 bridgehead atoms. The van der Waals surface area contributed by atoms with Crippen LogP contribution in [0.2, 0.25) is 0 Å². The van der Waals surface area contributed by atoms with Crippen molar-refractivity contribution < 1.29 is 23.9 Å². The lowest BCUT2D eigenvalue weighted by Gasteiger charge is -2.08. The second-order valence-corrected chi connectivity index (χ2v) is 7.11. The van der Waals surface area contributed by atoms with Crippen LogP contribution in [0, 0.1) is 0 Å². The molecule has 9 nitrogen and oxygen atoms in total. The Hall–Kier alpha value is -3.72. The van der Waals surface area contributed by atoms with Crippen LogP contribution in [0.4, 0.5) is 0 Å². The van der Waals surface area contributed by atoms with Gasteiger partial charge in [0.25, 0.3) is 5.91 Å². The molecule has 0 aliphatic carbocycles. The van der Waals surface area contributed by atoms with E-state index in [0.29, 0.717) is 31.9 Å². The van der Waals surface area contributed by atoms with Crippen LogP contribution in [-0.2, 0) is 25.5 Å². The highest BCUT2D eigenvalue weighted by atomic mass is 16.5. The number of nitrogens with zero attached hydrogens (tertiary/aromatic N) is 1. The van der Waals surface area contributed by atoms with Gasteiger partial charge in [0.2, 0.25) is 11.8 Å². The first kappa shape index (κ1) is 25.5. The van der Waals surface area contributed by atoms with Crippen molar-refractivity contribution in [1.29, 1.82) is 0 Å². The van der Waals surface area contributed by atoms with Gasteiger partial charge in [-0.05, 0) is 48.2 Å². The molecule has 33 heavy (non-hydrogen) atoms. The lowest BCUT2D eigenvalue weighted by Crippen LogP contribution is -2.30. The van der Waals surface area contributed by atoms with E-state index in [4.69, 9.17) is 9.47 Å². The highest BCUT2D eigenvalue weighted by molar-refractivity contribution is 5.97. The van der Waals surface area contributed by atoms with Crippen molar-refractivity contribution in [2.24, 2.45) is 5.10 Å². The molecule has 2 rings (SSSR count). The van der Waals surface area contributed by atoms with Crippen LogP contribution in [-0.4, -0.2) is 57.3 Å². The SMILES string of the molecule is COCCCNC(=O)CC(=O)N/N=C/c1ccc(OCC(=O)NCCc2ccccc2)cc1. The Morgan fingerprint density at radius 1 is 0.909 bits per heavy atom. The fourth-order valence-corrected chi connectivity index (χ4v) is 2.71. The Morgan fingerprint density at radius 3 is 2.36 bits per heavy atom. The average molecular weight is 455 g/mol. The van der Waals surface area contributed by atoms with Gasteiger partial charge in [0.05, 0.1) is 6.21 Å². The molecular weight excluding hydrogens is 424 g/mol. The number of rotatable bonds is 14. The minimum atomic E-state index is -0.506. The Bertz CT molecular complexity index is 901. The molecule has 3 N–H and O–H groups in total. The topological polar surface area (TPSA) is 118 Å². The molecule has 0 radical (unpaired) electrons. The number of carbonyl (C=O) groups is 3. The maximum atomic E-state index is 11.9. The van der Waals surface area contributed by atoms with Gasteiger partial charge in [0.1, 0.15) is 12.2 Å². The van der Waals surface area contributed by atoms with Crippen molar-refractivity contribution in [3.63, 3.8) is 0 Å². The van der Waals surface area contributed by atoms with E-state index in [1.165, 1.54) is 6.21 Å². The van der Waals surface area contributed by atoms with Crippen LogP contribution < -0.4 is 20.8 Å². The molecule has 0 aliphatic heterocycles. The van der Waals surface area contributed by atoms with Crippen molar-refractivity contribution in [3.05, 3.63) is 65.7 Å². The van der Waals surface area contributed by atoms with Gasteiger partial charge in [0, 0.05) is 26.8 Å². The van der Waals surface area contributed by atoms with E-state index in [9.17, 15) is 14.4 Å². The number of amides is 3. The first-order valence-corrected chi connectivity index (χ1v) is 10.7. The quantitative estimate of drug-likeness (QED) is 0.173. The molecule has 0 heterocycles. The number of carbonyl (C=O) groups excluding carboxylic acids is 3. The highest BCUT2D eigenvalue weighted by Crippen LogP contribution is 2.10. The number of hydrogen-bond acceptors (Lipinski definition) is 6. The molecule has 2 aromatic carbocycles. The van der Waals surface area contributed by atoms with Crippen LogP contribution in [0.15, 0.2) is 59.7 Å². The number of nitrogens with one attached hydrogen (secondary N) is 3. The Kier molecular flexibility index (Phi) is 11.7. The lowest BCUT2D eigenvalue weighted by atomic mass is 10.1. The molecule has 176 valence electrons. The van der Waals surface area contributed by atoms with Gasteiger partial charge >= 0.3 is 0 Å². The summed E-state index contributed by atoms with van der Waals surface area (Å²) in [5, 5.41) is 9.29. The molecular formula is C24H30N4O5. The molecule has 0 unspecified atom stereocenters. The fraction of sp³-hybridized carbons (Fsp3) is 0.333. The second kappa shape index (κ2) is 15.1. The predicted octanol–water partition coefficient (Wildman–Crippen LogP) is 1.42. The predicted molar refractivity (Wildman–Crippen MR) is 125 cm³/mol. The van der Waals surface area contributed by atoms with Crippen molar-refractivity contribution >= 4 is 23.9 Å². The van der Waals surface area contributed by atoms with E-state index in [-0.39, 0.29) is 24.8 Å². The molecule has 0 spiro atoms. The zero-order valence-electron chi connectivity index (χ0n) is 18.7. The van der Waals surface area contributed by atoms with E-state index in [0.717, 1.165) is 17.5 Å². The van der Waals surface area contributed by atoms with Gasteiger partial charge in [-0.15, -0.1) is 0 Å². The smallest absolute Gasteiger partial charge is 0.257 e. The first-order valence-electron chi connectivity index (χ1n) is 10.7. The zero-order chi connectivity index (χ0) is 23.7. The zero-order valence-corrected chi connectivity index (χ0v) is 18.7. The molecule has 3 amide bonds. The van der Waals surface area contributed by atoms with Crippen LogP contribution in [0.5, 0.6) is 5.75 Å². The van der Waals surface area contributed by atoms with Crippen LogP contribution in [0.3, 0.4) is 0 Å². The lowest BCUT2D eigenvalue weighted by molar-refractivity contribution is -0.129. The molecule has 0 aromatic heterocycles. The summed E-state index contributed by atoms with van der Waals surface area (Å²) in [5.41, 5.74) is 4.19. The van der Waals surface area contributed by atoms with E-state index in [2.05, 4.69) is 21.2 Å². The summed E-state index contributed by atoms with van der Waals surface area (Å²) in [7, 11) is 1.58. The first-order chi connectivity index (χ1) is 16.1. The third kappa shape index (κ3) is 11.5. The fourth-order valence-electron chi connectivity index (χ4n) is 2.71. The van der Waals surface area contributed by atoms with Gasteiger partial charge < -0.3 is 20.1 Å². The number of hydrazone groups is 1. The Balaban J connectivity index is 1.62. The Morgan fingerprint density at radius 2 is 1.64 bits per heavy atom. The average Bonchev–Trinajstić information content (AvgIpc) is 2.82. The molecule has 0 saturated carbocycles. The van der Waals surface area contributed by atoms with Crippen molar-refractivity contribution in [1.82, 2.24) is 16.1 Å². The van der Waals surface area contributed by atoms with Crippen molar-refractivity contribution in [2.75, 3.05) is 33.4 Å². The largest absolute Gasteiger partial charge is 0.484 e. The van der Waals surface area contributed by atoms with E-state index in [1.807, 2.05) is 30.3 Å².